The number of amides is 3. The molecule has 3 heterocycles. The van der Waals surface area contributed by atoms with E-state index in [1.54, 1.807) is 46.0 Å². The number of halogens is 1. The molecule has 3 unspecified atom stereocenters. The molecule has 1 aromatic heterocycles. The molecule has 4 rings (SSSR count). The number of carboxylic acid groups (broad SMARTS) is 1. The Balaban J connectivity index is 1.89. The van der Waals surface area contributed by atoms with Gasteiger partial charge in [-0.05, 0) is 29.9 Å². The number of rotatable bonds is 2. The van der Waals surface area contributed by atoms with Gasteiger partial charge in [-0.1, -0.05) is 32.9 Å². The summed E-state index contributed by atoms with van der Waals surface area (Å²) in [5.74, 6) is -1.56. The summed E-state index contributed by atoms with van der Waals surface area (Å²) < 4.78 is 19.6. The van der Waals surface area contributed by atoms with Crippen LogP contribution in [0.2, 0.25) is 0 Å². The first kappa shape index (κ1) is 23.0. The summed E-state index contributed by atoms with van der Waals surface area (Å²) in [7, 11) is 1.58. The fourth-order valence-corrected chi connectivity index (χ4v) is 5.29. The van der Waals surface area contributed by atoms with E-state index < -0.39 is 40.7 Å². The van der Waals surface area contributed by atoms with Crippen molar-refractivity contribution in [2.45, 2.75) is 57.7 Å². The Morgan fingerprint density at radius 1 is 1.21 bits per heavy atom. The lowest BCUT2D eigenvalue weighted by Crippen LogP contribution is -2.57. The maximum atomic E-state index is 16.8. The summed E-state index contributed by atoms with van der Waals surface area (Å²) in [5.41, 5.74) is -1.56. The number of piperidine rings is 2. The number of imide groups is 1. The summed E-state index contributed by atoms with van der Waals surface area (Å²) in [6.07, 6.45) is -0.560. The zero-order valence-electron chi connectivity index (χ0n) is 19.2. The molecule has 2 saturated heterocycles. The van der Waals surface area contributed by atoms with Crippen molar-refractivity contribution in [3.8, 4) is 0 Å². The molecule has 178 valence electrons. The SMILES string of the molecule is Cn1c(=O)n(C2CCC(=O)NC2=O)c2cccc(C3CCN(C(=O)O)CC3(F)C(C)(C)C)c21. The van der Waals surface area contributed by atoms with Crippen molar-refractivity contribution >= 4 is 28.9 Å². The van der Waals surface area contributed by atoms with Crippen LogP contribution in [0, 0.1) is 5.41 Å². The number of nitrogens with one attached hydrogen (secondary N) is 1. The Labute approximate surface area is 190 Å². The van der Waals surface area contributed by atoms with Crippen molar-refractivity contribution in [2.75, 3.05) is 13.1 Å². The number of alkyl halides is 1. The minimum atomic E-state index is -1.88. The van der Waals surface area contributed by atoms with Gasteiger partial charge in [0.2, 0.25) is 11.8 Å². The highest BCUT2D eigenvalue weighted by molar-refractivity contribution is 6.00. The molecule has 2 aliphatic rings. The zero-order valence-corrected chi connectivity index (χ0v) is 19.2. The number of hydrogen-bond acceptors (Lipinski definition) is 4. The molecule has 2 aromatic rings. The van der Waals surface area contributed by atoms with Crippen LogP contribution in [-0.2, 0) is 16.6 Å². The maximum Gasteiger partial charge on any atom is 0.407 e. The maximum absolute atomic E-state index is 16.8. The Morgan fingerprint density at radius 3 is 2.52 bits per heavy atom. The molecule has 3 atom stereocenters. The third kappa shape index (κ3) is 3.52. The summed E-state index contributed by atoms with van der Waals surface area (Å²) in [4.78, 5) is 50.0. The molecule has 3 amide bonds. The van der Waals surface area contributed by atoms with Gasteiger partial charge in [0.1, 0.15) is 11.7 Å². The Morgan fingerprint density at radius 2 is 1.91 bits per heavy atom. The number of carbonyl (C=O) groups excluding carboxylic acids is 2. The van der Waals surface area contributed by atoms with Gasteiger partial charge in [-0.2, -0.15) is 0 Å². The number of nitrogens with zero attached hydrogens (tertiary/aromatic N) is 3. The van der Waals surface area contributed by atoms with Crippen molar-refractivity contribution in [1.82, 2.24) is 19.4 Å². The number of hydrogen-bond donors (Lipinski definition) is 2. The second kappa shape index (κ2) is 7.71. The molecule has 0 saturated carbocycles. The number of para-hydroxylation sites is 1. The van der Waals surface area contributed by atoms with Crippen LogP contribution in [0.5, 0.6) is 0 Å². The first-order valence-corrected chi connectivity index (χ1v) is 11.1. The van der Waals surface area contributed by atoms with E-state index in [1.165, 1.54) is 9.13 Å². The number of aromatic nitrogens is 2. The van der Waals surface area contributed by atoms with Gasteiger partial charge >= 0.3 is 11.8 Å². The lowest BCUT2D eigenvalue weighted by molar-refractivity contribution is -0.135. The van der Waals surface area contributed by atoms with E-state index in [0.29, 0.717) is 16.6 Å². The normalized spacial score (nSPS) is 26.5. The monoisotopic (exact) mass is 460 g/mol. The van der Waals surface area contributed by atoms with Crippen molar-refractivity contribution in [3.05, 3.63) is 34.2 Å². The van der Waals surface area contributed by atoms with Crippen LogP contribution in [0.1, 0.15) is 57.6 Å². The Kier molecular flexibility index (Phi) is 5.37. The second-order valence-corrected chi connectivity index (χ2v) is 10.1. The fraction of sp³-hybridized carbons (Fsp3) is 0.565. The van der Waals surface area contributed by atoms with Gasteiger partial charge in [0.25, 0.3) is 0 Å². The number of benzene rings is 1. The highest BCUT2D eigenvalue weighted by atomic mass is 19.1. The van der Waals surface area contributed by atoms with E-state index in [2.05, 4.69) is 5.32 Å². The number of likely N-dealkylation sites (tertiary alicyclic amines) is 1. The summed E-state index contributed by atoms with van der Waals surface area (Å²) in [5, 5.41) is 11.8. The molecule has 0 bridgehead atoms. The summed E-state index contributed by atoms with van der Waals surface area (Å²) >= 11 is 0. The van der Waals surface area contributed by atoms with Crippen LogP contribution in [-0.4, -0.2) is 55.8 Å². The van der Waals surface area contributed by atoms with Crippen LogP contribution in [0.3, 0.4) is 0 Å². The number of fused-ring (bicyclic) bond motifs is 1. The average Bonchev–Trinajstić information content (AvgIpc) is 2.98. The van der Waals surface area contributed by atoms with Crippen LogP contribution >= 0.6 is 0 Å². The molecule has 0 aliphatic carbocycles. The first-order valence-electron chi connectivity index (χ1n) is 11.1. The highest BCUT2D eigenvalue weighted by Crippen LogP contribution is 2.50. The third-order valence-electron chi connectivity index (χ3n) is 7.21. The van der Waals surface area contributed by atoms with Gasteiger partial charge in [-0.3, -0.25) is 24.0 Å². The van der Waals surface area contributed by atoms with Gasteiger partial charge in [-0.15, -0.1) is 0 Å². The Hall–Kier alpha value is -3.17. The van der Waals surface area contributed by atoms with Crippen molar-refractivity contribution < 1.29 is 23.9 Å². The van der Waals surface area contributed by atoms with E-state index in [0.717, 1.165) is 4.90 Å². The third-order valence-corrected chi connectivity index (χ3v) is 7.21. The minimum absolute atomic E-state index is 0.129. The smallest absolute Gasteiger partial charge is 0.407 e. The number of carbonyl (C=O) groups is 3. The topological polar surface area (TPSA) is 114 Å². The standard InChI is InChI=1S/C23H29FN4O5/c1-22(2,3)23(24)12-27(21(32)33)11-10-14(23)13-6-5-7-15-18(13)26(4)20(31)28(15)16-8-9-17(29)25-19(16)30/h5-7,14,16H,8-12H2,1-4H3,(H,32,33)(H,25,29,30). The predicted octanol–water partition coefficient (Wildman–Crippen LogP) is 2.54. The molecule has 0 radical (unpaired) electrons. The molecule has 33 heavy (non-hydrogen) atoms. The molecule has 9 nitrogen and oxygen atoms in total. The number of imidazole rings is 1. The fourth-order valence-electron chi connectivity index (χ4n) is 5.29. The van der Waals surface area contributed by atoms with Crippen molar-refractivity contribution in [2.24, 2.45) is 12.5 Å². The molecule has 1 aromatic carbocycles. The van der Waals surface area contributed by atoms with E-state index in [9.17, 15) is 24.3 Å². The van der Waals surface area contributed by atoms with Gasteiger partial charge in [0, 0.05) is 25.9 Å². The van der Waals surface area contributed by atoms with Crippen molar-refractivity contribution in [1.29, 1.82) is 0 Å². The summed E-state index contributed by atoms with van der Waals surface area (Å²) in [6.45, 7) is 5.16. The first-order chi connectivity index (χ1) is 15.4. The average molecular weight is 461 g/mol. The molecule has 2 aliphatic heterocycles. The second-order valence-electron chi connectivity index (χ2n) is 10.1. The van der Waals surface area contributed by atoms with E-state index in [4.69, 9.17) is 0 Å². The zero-order chi connectivity index (χ0) is 24.3. The van der Waals surface area contributed by atoms with Gasteiger partial charge < -0.3 is 10.0 Å². The number of aryl methyl sites for hydroxylation is 1. The molecule has 10 heteroatoms. The Bertz CT molecular complexity index is 1210. The van der Waals surface area contributed by atoms with Crippen LogP contribution in [0.15, 0.2) is 23.0 Å². The molecular weight excluding hydrogens is 431 g/mol. The van der Waals surface area contributed by atoms with Gasteiger partial charge in [-0.25, -0.2) is 14.0 Å². The quantitative estimate of drug-likeness (QED) is 0.669. The van der Waals surface area contributed by atoms with E-state index in [-0.39, 0.29) is 38.3 Å². The van der Waals surface area contributed by atoms with Crippen LogP contribution in [0.4, 0.5) is 9.18 Å². The van der Waals surface area contributed by atoms with E-state index >= 15 is 4.39 Å². The van der Waals surface area contributed by atoms with Gasteiger partial charge in [0.05, 0.1) is 17.6 Å². The summed E-state index contributed by atoms with van der Waals surface area (Å²) in [6, 6.07) is 4.39. The lowest BCUT2D eigenvalue weighted by Gasteiger charge is -2.49. The molecule has 0 spiro atoms. The molecular formula is C23H29FN4O5. The van der Waals surface area contributed by atoms with Crippen LogP contribution in [0.25, 0.3) is 11.0 Å². The largest absolute Gasteiger partial charge is 0.465 e. The van der Waals surface area contributed by atoms with Crippen LogP contribution < -0.4 is 11.0 Å². The minimum Gasteiger partial charge on any atom is -0.465 e. The van der Waals surface area contributed by atoms with Crippen molar-refractivity contribution in [3.63, 3.8) is 0 Å². The predicted molar refractivity (Wildman–Crippen MR) is 119 cm³/mol. The highest BCUT2D eigenvalue weighted by Gasteiger charge is 2.54. The molecule has 2 N–H and O–H groups in total. The van der Waals surface area contributed by atoms with Gasteiger partial charge in [0.15, 0.2) is 0 Å². The van der Waals surface area contributed by atoms with E-state index in [1.807, 2.05) is 0 Å². The lowest BCUT2D eigenvalue weighted by atomic mass is 9.65. The molecule has 2 fully saturated rings.